The van der Waals surface area contributed by atoms with Gasteiger partial charge in [0.05, 0.1) is 23.9 Å². The highest BCUT2D eigenvalue weighted by Gasteiger charge is 2.36. The fourth-order valence-corrected chi connectivity index (χ4v) is 3.17. The number of hydrogen-bond acceptors (Lipinski definition) is 3. The Morgan fingerprint density at radius 3 is 2.81 bits per heavy atom. The van der Waals surface area contributed by atoms with E-state index in [1.54, 1.807) is 17.1 Å². The molecule has 1 atom stereocenters. The number of aliphatic hydroxyl groups excluding tert-OH is 1. The summed E-state index contributed by atoms with van der Waals surface area (Å²) in [7, 11) is 0. The van der Waals surface area contributed by atoms with Crippen molar-refractivity contribution in [1.82, 2.24) is 15.1 Å². The average molecular weight is 293 g/mol. The van der Waals surface area contributed by atoms with E-state index >= 15 is 0 Å². The van der Waals surface area contributed by atoms with Crippen molar-refractivity contribution in [2.75, 3.05) is 6.61 Å². The second-order valence-electron chi connectivity index (χ2n) is 6.36. The second kappa shape index (κ2) is 7.07. The molecule has 1 aliphatic rings. The average Bonchev–Trinajstić information content (AvgIpc) is 2.97. The molecule has 0 bridgehead atoms. The Kier molecular flexibility index (Phi) is 5.39. The molecule has 0 radical (unpaired) electrons. The van der Waals surface area contributed by atoms with E-state index in [0.29, 0.717) is 11.5 Å². The minimum absolute atomic E-state index is 0.0213. The summed E-state index contributed by atoms with van der Waals surface area (Å²) >= 11 is 0. The van der Waals surface area contributed by atoms with Crippen molar-refractivity contribution in [3.05, 3.63) is 18.0 Å². The molecular formula is C16H27N3O2. The van der Waals surface area contributed by atoms with E-state index in [0.717, 1.165) is 25.8 Å². The maximum Gasteiger partial charge on any atom is 0.254 e. The van der Waals surface area contributed by atoms with Gasteiger partial charge in [-0.15, -0.1) is 0 Å². The topological polar surface area (TPSA) is 67.2 Å². The number of aryl methyl sites for hydroxylation is 1. The van der Waals surface area contributed by atoms with Crippen molar-refractivity contribution >= 4 is 5.91 Å². The molecule has 1 fully saturated rings. The van der Waals surface area contributed by atoms with Crippen LogP contribution in [0.5, 0.6) is 0 Å². The molecule has 1 amide bonds. The molecule has 0 aliphatic heterocycles. The number of amides is 1. The van der Waals surface area contributed by atoms with Crippen molar-refractivity contribution in [3.63, 3.8) is 0 Å². The Bertz CT molecular complexity index is 466. The lowest BCUT2D eigenvalue weighted by Gasteiger charge is -2.39. The molecule has 0 saturated heterocycles. The molecule has 5 nitrogen and oxygen atoms in total. The standard InChI is InChI=1S/C16H27N3O2/c1-3-9-19-11-13(10-17-19)15(21)18-16(2,12-20)14-7-5-4-6-8-14/h10-11,14,20H,3-9,12H2,1-2H3,(H,18,21). The monoisotopic (exact) mass is 293 g/mol. The molecule has 0 spiro atoms. The number of nitrogens with zero attached hydrogens (tertiary/aromatic N) is 2. The zero-order valence-corrected chi connectivity index (χ0v) is 13.1. The third-order valence-electron chi connectivity index (χ3n) is 4.58. The SMILES string of the molecule is CCCn1cc(C(=O)NC(C)(CO)C2CCCCC2)cn1. The first-order chi connectivity index (χ1) is 10.1. The first-order valence-electron chi connectivity index (χ1n) is 8.05. The highest BCUT2D eigenvalue weighted by atomic mass is 16.3. The predicted octanol–water partition coefficient (Wildman–Crippen LogP) is 2.35. The van der Waals surface area contributed by atoms with Crippen molar-refractivity contribution in [1.29, 1.82) is 0 Å². The maximum atomic E-state index is 12.4. The number of nitrogens with one attached hydrogen (secondary N) is 1. The van der Waals surface area contributed by atoms with E-state index in [2.05, 4.69) is 17.3 Å². The molecule has 0 aromatic carbocycles. The molecule has 1 aromatic rings. The first-order valence-corrected chi connectivity index (χ1v) is 8.05. The summed E-state index contributed by atoms with van der Waals surface area (Å²) in [5, 5.41) is 17.0. The van der Waals surface area contributed by atoms with Crippen LogP contribution in [0.2, 0.25) is 0 Å². The lowest BCUT2D eigenvalue weighted by molar-refractivity contribution is 0.0679. The summed E-state index contributed by atoms with van der Waals surface area (Å²) in [5.41, 5.74) is 0.0311. The Morgan fingerprint density at radius 1 is 1.48 bits per heavy atom. The van der Waals surface area contributed by atoms with Crippen molar-refractivity contribution in [3.8, 4) is 0 Å². The van der Waals surface area contributed by atoms with E-state index in [-0.39, 0.29) is 12.5 Å². The van der Waals surface area contributed by atoms with Gasteiger partial charge in [-0.05, 0) is 32.1 Å². The van der Waals surface area contributed by atoms with E-state index in [4.69, 9.17) is 0 Å². The number of rotatable bonds is 6. The molecule has 1 saturated carbocycles. The van der Waals surface area contributed by atoms with Crippen LogP contribution in [0.15, 0.2) is 12.4 Å². The van der Waals surface area contributed by atoms with Gasteiger partial charge < -0.3 is 10.4 Å². The highest BCUT2D eigenvalue weighted by Crippen LogP contribution is 2.32. The molecule has 1 unspecified atom stereocenters. The molecule has 21 heavy (non-hydrogen) atoms. The fraction of sp³-hybridized carbons (Fsp3) is 0.750. The first kappa shape index (κ1) is 16.0. The van der Waals surface area contributed by atoms with Gasteiger partial charge in [0.2, 0.25) is 0 Å². The van der Waals surface area contributed by atoms with Gasteiger partial charge >= 0.3 is 0 Å². The number of carbonyl (C=O) groups excluding carboxylic acids is 1. The van der Waals surface area contributed by atoms with Crippen molar-refractivity contribution in [2.24, 2.45) is 5.92 Å². The van der Waals surface area contributed by atoms with Crippen LogP contribution in [0, 0.1) is 5.92 Å². The van der Waals surface area contributed by atoms with Gasteiger partial charge in [0.1, 0.15) is 0 Å². The molecule has 118 valence electrons. The minimum atomic E-state index is -0.537. The van der Waals surface area contributed by atoms with Gasteiger partial charge in [0.15, 0.2) is 0 Å². The van der Waals surface area contributed by atoms with Crippen molar-refractivity contribution in [2.45, 2.75) is 64.5 Å². The summed E-state index contributed by atoms with van der Waals surface area (Å²) < 4.78 is 1.78. The van der Waals surface area contributed by atoms with Gasteiger partial charge in [-0.3, -0.25) is 9.48 Å². The zero-order valence-electron chi connectivity index (χ0n) is 13.1. The summed E-state index contributed by atoms with van der Waals surface area (Å²) in [6, 6.07) is 0. The van der Waals surface area contributed by atoms with Gasteiger partial charge in [0, 0.05) is 12.7 Å². The zero-order chi connectivity index (χ0) is 15.3. The second-order valence-corrected chi connectivity index (χ2v) is 6.36. The predicted molar refractivity (Wildman–Crippen MR) is 82.1 cm³/mol. The summed E-state index contributed by atoms with van der Waals surface area (Å²) in [6.45, 7) is 4.82. The fourth-order valence-electron chi connectivity index (χ4n) is 3.17. The summed E-state index contributed by atoms with van der Waals surface area (Å²) in [5.74, 6) is 0.213. The quantitative estimate of drug-likeness (QED) is 0.846. The van der Waals surface area contributed by atoms with Crippen molar-refractivity contribution < 1.29 is 9.90 Å². The largest absolute Gasteiger partial charge is 0.394 e. The van der Waals surface area contributed by atoms with E-state index < -0.39 is 5.54 Å². The molecule has 1 aromatic heterocycles. The van der Waals surface area contributed by atoms with Crippen LogP contribution in [0.25, 0.3) is 0 Å². The van der Waals surface area contributed by atoms with Crippen LogP contribution in [0.1, 0.15) is 62.7 Å². The van der Waals surface area contributed by atoms with Crippen LogP contribution in [-0.4, -0.2) is 32.9 Å². The molecule has 1 heterocycles. The molecule has 2 rings (SSSR count). The molecular weight excluding hydrogens is 266 g/mol. The minimum Gasteiger partial charge on any atom is -0.394 e. The van der Waals surface area contributed by atoms with Crippen LogP contribution >= 0.6 is 0 Å². The van der Waals surface area contributed by atoms with Crippen LogP contribution in [0.4, 0.5) is 0 Å². The number of aromatic nitrogens is 2. The third kappa shape index (κ3) is 3.84. The molecule has 2 N–H and O–H groups in total. The van der Waals surface area contributed by atoms with E-state index in [1.165, 1.54) is 19.3 Å². The Hall–Kier alpha value is -1.36. The third-order valence-corrected chi connectivity index (χ3v) is 4.58. The number of carbonyl (C=O) groups is 1. The number of aliphatic hydroxyl groups is 1. The van der Waals surface area contributed by atoms with Crippen LogP contribution in [0.3, 0.4) is 0 Å². The maximum absolute atomic E-state index is 12.4. The van der Waals surface area contributed by atoms with E-state index in [9.17, 15) is 9.90 Å². The van der Waals surface area contributed by atoms with Crippen LogP contribution < -0.4 is 5.32 Å². The Balaban J connectivity index is 2.03. The molecule has 5 heteroatoms. The van der Waals surface area contributed by atoms with Crippen LogP contribution in [-0.2, 0) is 6.54 Å². The Labute approximate surface area is 126 Å². The van der Waals surface area contributed by atoms with Gasteiger partial charge in [-0.25, -0.2) is 0 Å². The van der Waals surface area contributed by atoms with Gasteiger partial charge in [-0.2, -0.15) is 5.10 Å². The normalized spacial score (nSPS) is 19.2. The van der Waals surface area contributed by atoms with Gasteiger partial charge in [0.25, 0.3) is 5.91 Å². The van der Waals surface area contributed by atoms with E-state index in [1.807, 2.05) is 6.92 Å². The van der Waals surface area contributed by atoms with Gasteiger partial charge in [-0.1, -0.05) is 26.2 Å². The number of hydrogen-bond donors (Lipinski definition) is 2. The lowest BCUT2D eigenvalue weighted by atomic mass is 9.76. The highest BCUT2D eigenvalue weighted by molar-refractivity contribution is 5.94. The molecule has 1 aliphatic carbocycles. The lowest BCUT2D eigenvalue weighted by Crippen LogP contribution is -2.54. The Morgan fingerprint density at radius 2 is 2.19 bits per heavy atom. The summed E-state index contributed by atoms with van der Waals surface area (Å²) in [6.07, 6.45) is 10.1. The summed E-state index contributed by atoms with van der Waals surface area (Å²) in [4.78, 5) is 12.4. The smallest absolute Gasteiger partial charge is 0.254 e.